The molecule has 2 rings (SSSR count). The van der Waals surface area contributed by atoms with Gasteiger partial charge in [0.05, 0.1) is 8.66 Å². The van der Waals surface area contributed by atoms with E-state index in [1.165, 1.54) is 11.3 Å². The topological polar surface area (TPSA) is 46.3 Å². The predicted octanol–water partition coefficient (Wildman–Crippen LogP) is 2.84. The first-order valence-corrected chi connectivity index (χ1v) is 7.49. The van der Waals surface area contributed by atoms with Crippen molar-refractivity contribution in [2.45, 2.75) is 18.9 Å². The van der Waals surface area contributed by atoms with Crippen LogP contribution in [-0.4, -0.2) is 29.9 Å². The van der Waals surface area contributed by atoms with Crippen molar-refractivity contribution in [2.75, 3.05) is 13.1 Å². The molecule has 2 N–H and O–H groups in total. The van der Waals surface area contributed by atoms with Crippen LogP contribution >= 0.6 is 43.2 Å². The molecular formula is C10H12Br2N2OS. The molecule has 3 nitrogen and oxygen atoms in total. The van der Waals surface area contributed by atoms with Crippen molar-refractivity contribution in [2.24, 2.45) is 5.73 Å². The minimum Gasteiger partial charge on any atom is -0.334 e. The van der Waals surface area contributed by atoms with E-state index in [2.05, 4.69) is 31.9 Å². The molecule has 1 fully saturated rings. The zero-order valence-electron chi connectivity index (χ0n) is 8.58. The highest BCUT2D eigenvalue weighted by Crippen LogP contribution is 2.34. The molecule has 0 spiro atoms. The highest BCUT2D eigenvalue weighted by Gasteiger charge is 2.29. The molecule has 1 aromatic heterocycles. The number of nitrogens with two attached hydrogens (primary N) is 1. The van der Waals surface area contributed by atoms with Gasteiger partial charge in [0, 0.05) is 23.6 Å². The summed E-state index contributed by atoms with van der Waals surface area (Å²) in [7, 11) is 0. The van der Waals surface area contributed by atoms with Gasteiger partial charge in [0.15, 0.2) is 0 Å². The van der Waals surface area contributed by atoms with Crippen LogP contribution in [0.25, 0.3) is 0 Å². The fourth-order valence-electron chi connectivity index (χ4n) is 1.94. The Hall–Kier alpha value is 0.0900. The molecule has 1 aliphatic heterocycles. The summed E-state index contributed by atoms with van der Waals surface area (Å²) in [5, 5.41) is 0. The van der Waals surface area contributed by atoms with Crippen LogP contribution in [0.15, 0.2) is 14.3 Å². The monoisotopic (exact) mass is 366 g/mol. The number of likely N-dealkylation sites (tertiary alicyclic amines) is 1. The van der Waals surface area contributed by atoms with Gasteiger partial charge in [-0.15, -0.1) is 11.3 Å². The van der Waals surface area contributed by atoms with Gasteiger partial charge >= 0.3 is 0 Å². The van der Waals surface area contributed by atoms with E-state index in [4.69, 9.17) is 5.73 Å². The smallest absolute Gasteiger partial charge is 0.264 e. The van der Waals surface area contributed by atoms with Gasteiger partial charge in [0.1, 0.15) is 0 Å². The first kappa shape index (κ1) is 12.5. The van der Waals surface area contributed by atoms with Crippen LogP contribution in [0.1, 0.15) is 22.5 Å². The average Bonchev–Trinajstić information content (AvgIpc) is 2.85. The number of rotatable bonds is 2. The Morgan fingerprint density at radius 3 is 2.94 bits per heavy atom. The van der Waals surface area contributed by atoms with Crippen LogP contribution in [0.5, 0.6) is 0 Å². The minimum atomic E-state index is 0.101. The summed E-state index contributed by atoms with van der Waals surface area (Å²) in [6, 6.07) is 2.08. The Kier molecular flexibility index (Phi) is 4.05. The Bertz CT molecular complexity index is 388. The third kappa shape index (κ3) is 2.34. The third-order valence-electron chi connectivity index (χ3n) is 2.77. The van der Waals surface area contributed by atoms with Crippen LogP contribution in [-0.2, 0) is 0 Å². The molecule has 1 unspecified atom stereocenters. The van der Waals surface area contributed by atoms with Gasteiger partial charge in [0.2, 0.25) is 0 Å². The molecule has 1 aromatic rings. The van der Waals surface area contributed by atoms with Crippen molar-refractivity contribution in [3.8, 4) is 0 Å². The summed E-state index contributed by atoms with van der Waals surface area (Å²) >= 11 is 8.25. The highest BCUT2D eigenvalue weighted by molar-refractivity contribution is 9.13. The maximum absolute atomic E-state index is 12.2. The van der Waals surface area contributed by atoms with E-state index in [0.29, 0.717) is 6.54 Å². The zero-order chi connectivity index (χ0) is 11.7. The molecule has 2 heterocycles. The predicted molar refractivity (Wildman–Crippen MR) is 72.8 cm³/mol. The van der Waals surface area contributed by atoms with E-state index in [1.54, 1.807) is 0 Å². The van der Waals surface area contributed by atoms with E-state index >= 15 is 0 Å². The lowest BCUT2D eigenvalue weighted by Gasteiger charge is -2.22. The van der Waals surface area contributed by atoms with Crippen LogP contribution < -0.4 is 5.73 Å². The molecule has 16 heavy (non-hydrogen) atoms. The first-order chi connectivity index (χ1) is 7.63. The lowest BCUT2D eigenvalue weighted by atomic mass is 10.2. The fourth-order valence-corrected chi connectivity index (χ4v) is 3.93. The number of hydrogen-bond acceptors (Lipinski definition) is 3. The maximum Gasteiger partial charge on any atom is 0.264 e. The van der Waals surface area contributed by atoms with Gasteiger partial charge < -0.3 is 10.6 Å². The highest BCUT2D eigenvalue weighted by atomic mass is 79.9. The molecule has 0 radical (unpaired) electrons. The molecule has 0 bridgehead atoms. The van der Waals surface area contributed by atoms with Gasteiger partial charge in [-0.25, -0.2) is 0 Å². The molecule has 1 amide bonds. The lowest BCUT2D eigenvalue weighted by Crippen LogP contribution is -2.39. The molecule has 6 heteroatoms. The molecule has 0 aliphatic carbocycles. The minimum absolute atomic E-state index is 0.101. The summed E-state index contributed by atoms with van der Waals surface area (Å²) in [4.78, 5) is 14.9. The molecule has 1 saturated heterocycles. The van der Waals surface area contributed by atoms with E-state index in [1.807, 2.05) is 11.0 Å². The summed E-state index contributed by atoms with van der Waals surface area (Å²) in [5.74, 6) is 0.101. The summed E-state index contributed by atoms with van der Waals surface area (Å²) in [5.41, 5.74) is 5.67. The number of hydrogen-bond donors (Lipinski definition) is 1. The van der Waals surface area contributed by atoms with Gasteiger partial charge in [-0.3, -0.25) is 4.79 Å². The molecule has 0 aromatic carbocycles. The largest absolute Gasteiger partial charge is 0.334 e. The van der Waals surface area contributed by atoms with E-state index < -0.39 is 0 Å². The normalized spacial score (nSPS) is 20.4. The second kappa shape index (κ2) is 5.16. The van der Waals surface area contributed by atoms with E-state index in [-0.39, 0.29) is 11.9 Å². The van der Waals surface area contributed by atoms with Crippen LogP contribution in [0, 0.1) is 0 Å². The van der Waals surface area contributed by atoms with Crippen molar-refractivity contribution in [1.29, 1.82) is 0 Å². The Labute approximate surface area is 115 Å². The zero-order valence-corrected chi connectivity index (χ0v) is 12.6. The maximum atomic E-state index is 12.2. The number of halogens is 2. The Balaban J connectivity index is 2.18. The second-order valence-corrected chi connectivity index (χ2v) is 6.99. The number of carbonyl (C=O) groups is 1. The van der Waals surface area contributed by atoms with Crippen LogP contribution in [0.3, 0.4) is 0 Å². The summed E-state index contributed by atoms with van der Waals surface area (Å²) in [6.45, 7) is 1.38. The van der Waals surface area contributed by atoms with E-state index in [9.17, 15) is 4.79 Å². The summed E-state index contributed by atoms with van der Waals surface area (Å²) < 4.78 is 1.89. The molecule has 1 atom stereocenters. The number of thiophene rings is 1. The summed E-state index contributed by atoms with van der Waals surface area (Å²) in [6.07, 6.45) is 2.08. The second-order valence-electron chi connectivity index (χ2n) is 3.76. The number of nitrogens with zero attached hydrogens (tertiary/aromatic N) is 1. The number of carbonyl (C=O) groups excluding carboxylic acids is 1. The van der Waals surface area contributed by atoms with Crippen molar-refractivity contribution < 1.29 is 4.79 Å². The van der Waals surface area contributed by atoms with Crippen molar-refractivity contribution in [1.82, 2.24) is 4.90 Å². The van der Waals surface area contributed by atoms with Gasteiger partial charge in [-0.05, 0) is 50.8 Å². The van der Waals surface area contributed by atoms with Gasteiger partial charge in [0.25, 0.3) is 5.91 Å². The quantitative estimate of drug-likeness (QED) is 0.873. The average molecular weight is 368 g/mol. The standard InChI is InChI=1S/C10H12Br2N2OS/c11-7-4-8(16-9(7)12)10(15)14-3-1-2-6(14)5-13/h4,6H,1-3,5,13H2. The molecule has 88 valence electrons. The molecule has 1 aliphatic rings. The SMILES string of the molecule is NCC1CCCN1C(=O)c1cc(Br)c(Br)s1. The third-order valence-corrected chi connectivity index (χ3v) is 6.01. The van der Waals surface area contributed by atoms with Crippen molar-refractivity contribution >= 4 is 49.1 Å². The molecule has 0 saturated carbocycles. The van der Waals surface area contributed by atoms with E-state index in [0.717, 1.165) is 32.5 Å². The van der Waals surface area contributed by atoms with Crippen molar-refractivity contribution in [3.05, 3.63) is 19.2 Å². The van der Waals surface area contributed by atoms with Gasteiger partial charge in [-0.1, -0.05) is 0 Å². The van der Waals surface area contributed by atoms with Crippen molar-refractivity contribution in [3.63, 3.8) is 0 Å². The van der Waals surface area contributed by atoms with Gasteiger partial charge in [-0.2, -0.15) is 0 Å². The lowest BCUT2D eigenvalue weighted by molar-refractivity contribution is 0.0746. The number of amides is 1. The van der Waals surface area contributed by atoms with Crippen LogP contribution in [0.4, 0.5) is 0 Å². The molecular weight excluding hydrogens is 356 g/mol. The Morgan fingerprint density at radius 1 is 1.62 bits per heavy atom. The Morgan fingerprint density at radius 2 is 2.38 bits per heavy atom. The van der Waals surface area contributed by atoms with Crippen LogP contribution in [0.2, 0.25) is 0 Å². The first-order valence-electron chi connectivity index (χ1n) is 5.09. The fraction of sp³-hybridized carbons (Fsp3) is 0.500.